The summed E-state index contributed by atoms with van der Waals surface area (Å²) in [5, 5.41) is 0. The fourth-order valence-corrected chi connectivity index (χ4v) is 5.68. The normalized spacial score (nSPS) is 23.1. The van der Waals surface area contributed by atoms with Gasteiger partial charge in [0.05, 0.1) is 0 Å². The molecule has 2 aliphatic heterocycles. The second-order valence-corrected chi connectivity index (χ2v) is 9.62. The van der Waals surface area contributed by atoms with E-state index in [-0.39, 0.29) is 5.56 Å². The molecule has 1 aliphatic carbocycles. The van der Waals surface area contributed by atoms with E-state index in [1.54, 1.807) is 26.4 Å². The molecule has 1 saturated heterocycles. The Morgan fingerprint density at radius 2 is 1.81 bits per heavy atom. The highest BCUT2D eigenvalue weighted by atomic mass is 32.2. The number of pyridine rings is 1. The summed E-state index contributed by atoms with van der Waals surface area (Å²) in [4.78, 5) is 12.2. The average Bonchev–Trinajstić information content (AvgIpc) is 3.46. The van der Waals surface area contributed by atoms with Crippen LogP contribution in [0.1, 0.15) is 42.9 Å². The summed E-state index contributed by atoms with van der Waals surface area (Å²) < 4.78 is 36.3. The van der Waals surface area contributed by atoms with Crippen molar-refractivity contribution in [3.8, 4) is 0 Å². The van der Waals surface area contributed by atoms with E-state index in [2.05, 4.69) is 0 Å². The van der Waals surface area contributed by atoms with Crippen molar-refractivity contribution in [2.45, 2.75) is 44.7 Å². The number of aromatic nitrogens is 1. The van der Waals surface area contributed by atoms with E-state index in [1.807, 2.05) is 6.20 Å². The molecule has 4 rings (SSSR count). The predicted octanol–water partition coefficient (Wildman–Crippen LogP) is 1.14. The third-order valence-corrected chi connectivity index (χ3v) is 7.79. The van der Waals surface area contributed by atoms with Gasteiger partial charge in [-0.1, -0.05) is 0 Å². The Morgan fingerprint density at radius 3 is 2.46 bits per heavy atom. The van der Waals surface area contributed by atoms with Gasteiger partial charge in [0.15, 0.2) is 0 Å². The van der Waals surface area contributed by atoms with Gasteiger partial charge in [-0.25, -0.2) is 0 Å². The van der Waals surface area contributed by atoms with E-state index < -0.39 is 10.2 Å². The van der Waals surface area contributed by atoms with E-state index in [0.717, 1.165) is 36.8 Å². The molecule has 1 aromatic rings. The van der Waals surface area contributed by atoms with E-state index in [0.29, 0.717) is 51.2 Å². The fourth-order valence-electron chi connectivity index (χ4n) is 4.06. The molecule has 26 heavy (non-hydrogen) atoms. The van der Waals surface area contributed by atoms with Crippen LogP contribution in [0.15, 0.2) is 17.1 Å². The smallest absolute Gasteiger partial charge is 0.282 e. The number of fused-ring (bicyclic) bond motifs is 1. The summed E-state index contributed by atoms with van der Waals surface area (Å²) >= 11 is 0. The van der Waals surface area contributed by atoms with E-state index in [4.69, 9.17) is 4.74 Å². The van der Waals surface area contributed by atoms with Gasteiger partial charge in [-0.05, 0) is 49.1 Å². The van der Waals surface area contributed by atoms with Gasteiger partial charge in [0.1, 0.15) is 0 Å². The first-order valence-electron chi connectivity index (χ1n) is 9.47. The second kappa shape index (κ2) is 7.07. The summed E-state index contributed by atoms with van der Waals surface area (Å²) in [5.41, 5.74) is 2.01. The summed E-state index contributed by atoms with van der Waals surface area (Å²) in [7, 11) is -1.77. The number of hydrogen-bond acceptors (Lipinski definition) is 4. The van der Waals surface area contributed by atoms with Crippen LogP contribution in [-0.2, 0) is 27.9 Å². The molecule has 0 radical (unpaired) electrons. The molecular formula is C18H27N3O4S. The first kappa shape index (κ1) is 18.2. The molecule has 0 aromatic carbocycles. The van der Waals surface area contributed by atoms with Crippen LogP contribution in [-0.4, -0.2) is 54.9 Å². The number of piperidine rings is 1. The summed E-state index contributed by atoms with van der Waals surface area (Å²) in [6.45, 7) is 2.62. The molecule has 2 fully saturated rings. The quantitative estimate of drug-likeness (QED) is 0.767. The van der Waals surface area contributed by atoms with Crippen LogP contribution < -0.4 is 5.56 Å². The molecule has 144 valence electrons. The summed E-state index contributed by atoms with van der Waals surface area (Å²) in [6.07, 6.45) is 6.27. The van der Waals surface area contributed by atoms with Crippen LogP contribution in [0.25, 0.3) is 0 Å². The van der Waals surface area contributed by atoms with E-state index in [1.165, 1.54) is 0 Å². The Kier molecular flexibility index (Phi) is 4.94. The third kappa shape index (κ3) is 3.47. The third-order valence-electron chi connectivity index (χ3n) is 5.81. The van der Waals surface area contributed by atoms with Gasteiger partial charge in [-0.2, -0.15) is 17.0 Å². The standard InChI is InChI=1S/C18H27N3O4S/c1-25-13-14-4-7-19(8-5-14)26(23,24)20-9-6-15-10-18(22)21(17-2-3-17)12-16(15)11-20/h10,12,14,17H,2-9,11,13H2,1H3. The van der Waals surface area contributed by atoms with Crippen LogP contribution in [0.5, 0.6) is 0 Å². The number of methoxy groups -OCH3 is 1. The molecule has 3 aliphatic rings. The van der Waals surface area contributed by atoms with E-state index in [9.17, 15) is 13.2 Å². The van der Waals surface area contributed by atoms with Gasteiger partial charge in [0, 0.05) is 58.2 Å². The maximum Gasteiger partial charge on any atom is 0.282 e. The minimum Gasteiger partial charge on any atom is -0.384 e. The molecule has 3 heterocycles. The van der Waals surface area contributed by atoms with Crippen molar-refractivity contribution in [3.63, 3.8) is 0 Å². The minimum atomic E-state index is -3.46. The minimum absolute atomic E-state index is 0.0442. The van der Waals surface area contributed by atoms with Gasteiger partial charge in [-0.15, -0.1) is 0 Å². The van der Waals surface area contributed by atoms with E-state index >= 15 is 0 Å². The van der Waals surface area contributed by atoms with Crippen molar-refractivity contribution in [1.29, 1.82) is 0 Å². The molecule has 0 unspecified atom stereocenters. The highest BCUT2D eigenvalue weighted by molar-refractivity contribution is 7.86. The summed E-state index contributed by atoms with van der Waals surface area (Å²) in [5.74, 6) is 0.446. The van der Waals surface area contributed by atoms with Crippen LogP contribution in [0.3, 0.4) is 0 Å². The Morgan fingerprint density at radius 1 is 1.08 bits per heavy atom. The first-order valence-corrected chi connectivity index (χ1v) is 10.9. The molecule has 1 aromatic heterocycles. The van der Waals surface area contributed by atoms with Crippen molar-refractivity contribution in [3.05, 3.63) is 33.7 Å². The highest BCUT2D eigenvalue weighted by Gasteiger charge is 2.35. The highest BCUT2D eigenvalue weighted by Crippen LogP contribution is 2.34. The first-order chi connectivity index (χ1) is 12.5. The fraction of sp³-hybridized carbons (Fsp3) is 0.722. The maximum atomic E-state index is 13.1. The molecular weight excluding hydrogens is 354 g/mol. The van der Waals surface area contributed by atoms with Crippen molar-refractivity contribution in [1.82, 2.24) is 13.2 Å². The Hall–Kier alpha value is -1.22. The van der Waals surface area contributed by atoms with Gasteiger partial charge in [0.2, 0.25) is 0 Å². The molecule has 0 bridgehead atoms. The molecule has 1 saturated carbocycles. The SMILES string of the molecule is COCC1CCN(S(=O)(=O)N2CCc3cc(=O)n(C4CC4)cc3C2)CC1. The lowest BCUT2D eigenvalue weighted by Gasteiger charge is -2.36. The van der Waals surface area contributed by atoms with Crippen molar-refractivity contribution in [2.24, 2.45) is 5.92 Å². The molecule has 7 nitrogen and oxygen atoms in total. The molecule has 0 spiro atoms. The zero-order chi connectivity index (χ0) is 18.3. The van der Waals surface area contributed by atoms with Crippen LogP contribution in [0.4, 0.5) is 0 Å². The zero-order valence-corrected chi connectivity index (χ0v) is 16.1. The number of rotatable bonds is 5. The number of hydrogen-bond donors (Lipinski definition) is 0. The average molecular weight is 381 g/mol. The van der Waals surface area contributed by atoms with Gasteiger partial charge < -0.3 is 9.30 Å². The molecule has 0 atom stereocenters. The second-order valence-electron chi connectivity index (χ2n) is 7.69. The molecule has 8 heteroatoms. The monoisotopic (exact) mass is 381 g/mol. The molecule has 0 amide bonds. The van der Waals surface area contributed by atoms with Crippen molar-refractivity contribution in [2.75, 3.05) is 33.4 Å². The van der Waals surface area contributed by atoms with Gasteiger partial charge in [-0.3, -0.25) is 4.79 Å². The molecule has 0 N–H and O–H groups in total. The Balaban J connectivity index is 1.49. The number of nitrogens with zero attached hydrogens (tertiary/aromatic N) is 3. The summed E-state index contributed by atoms with van der Waals surface area (Å²) in [6, 6.07) is 2.01. The van der Waals surface area contributed by atoms with Gasteiger partial charge in [0.25, 0.3) is 15.8 Å². The maximum absolute atomic E-state index is 13.1. The Bertz CT molecular complexity index is 823. The van der Waals surface area contributed by atoms with Crippen LogP contribution >= 0.6 is 0 Å². The predicted molar refractivity (Wildman–Crippen MR) is 98.2 cm³/mol. The lowest BCUT2D eigenvalue weighted by atomic mass is 9.99. The van der Waals surface area contributed by atoms with Gasteiger partial charge >= 0.3 is 0 Å². The van der Waals surface area contributed by atoms with Crippen LogP contribution in [0, 0.1) is 5.92 Å². The van der Waals surface area contributed by atoms with Crippen molar-refractivity contribution < 1.29 is 13.2 Å². The van der Waals surface area contributed by atoms with Crippen molar-refractivity contribution >= 4 is 10.2 Å². The number of ether oxygens (including phenoxy) is 1. The zero-order valence-electron chi connectivity index (χ0n) is 15.3. The topological polar surface area (TPSA) is 71.8 Å². The van der Waals surface area contributed by atoms with Crippen LogP contribution in [0.2, 0.25) is 0 Å². The lowest BCUT2D eigenvalue weighted by Crippen LogP contribution is -2.49. The Labute approximate surface area is 154 Å². The largest absolute Gasteiger partial charge is 0.384 e. The lowest BCUT2D eigenvalue weighted by molar-refractivity contribution is 0.119.